The Labute approximate surface area is 116 Å². The summed E-state index contributed by atoms with van der Waals surface area (Å²) in [6, 6.07) is 12.4. The van der Waals surface area contributed by atoms with Crippen molar-refractivity contribution in [2.75, 3.05) is 0 Å². The topological polar surface area (TPSA) is 38.7 Å². The van der Waals surface area contributed by atoms with Crippen molar-refractivity contribution in [2.24, 2.45) is 0 Å². The molecule has 2 aliphatic rings. The molecule has 0 amide bonds. The molecule has 1 aliphatic carbocycles. The SMILES string of the molecule is OC1OC=C2C(=CC=Cc3c2ccc2ccccc32)O1. The van der Waals surface area contributed by atoms with Crippen LogP contribution in [-0.4, -0.2) is 11.6 Å². The number of aliphatic hydroxyl groups excluding tert-OH is 1. The summed E-state index contributed by atoms with van der Waals surface area (Å²) in [7, 11) is 0. The molecule has 20 heavy (non-hydrogen) atoms. The zero-order valence-corrected chi connectivity index (χ0v) is 10.6. The fourth-order valence-corrected chi connectivity index (χ4v) is 2.65. The van der Waals surface area contributed by atoms with Crippen LogP contribution in [0.15, 0.2) is 60.6 Å². The molecular formula is C17H12O3. The third-order valence-electron chi connectivity index (χ3n) is 3.57. The smallest absolute Gasteiger partial charge is 0.357 e. The molecule has 1 N–H and O–H groups in total. The van der Waals surface area contributed by atoms with Crippen molar-refractivity contribution in [2.45, 2.75) is 6.48 Å². The summed E-state index contributed by atoms with van der Waals surface area (Å²) in [5.74, 6) is 0.619. The lowest BCUT2D eigenvalue weighted by atomic mass is 9.94. The molecule has 3 heteroatoms. The molecule has 2 aromatic carbocycles. The predicted molar refractivity (Wildman–Crippen MR) is 77.2 cm³/mol. The highest BCUT2D eigenvalue weighted by Crippen LogP contribution is 2.36. The Hall–Kier alpha value is -2.52. The van der Waals surface area contributed by atoms with Crippen LogP contribution in [0.25, 0.3) is 22.4 Å². The van der Waals surface area contributed by atoms with Crippen molar-refractivity contribution in [3.63, 3.8) is 0 Å². The molecule has 98 valence electrons. The Morgan fingerprint density at radius 2 is 1.95 bits per heavy atom. The summed E-state index contributed by atoms with van der Waals surface area (Å²) in [6.07, 6.45) is 7.38. The molecule has 0 saturated heterocycles. The van der Waals surface area contributed by atoms with E-state index in [2.05, 4.69) is 30.3 Å². The maximum atomic E-state index is 9.41. The summed E-state index contributed by atoms with van der Waals surface area (Å²) in [5.41, 5.74) is 3.01. The molecule has 4 rings (SSSR count). The first-order valence-corrected chi connectivity index (χ1v) is 6.44. The monoisotopic (exact) mass is 264 g/mol. The second-order valence-electron chi connectivity index (χ2n) is 4.73. The van der Waals surface area contributed by atoms with E-state index in [1.165, 1.54) is 10.8 Å². The fraction of sp³-hybridized carbons (Fsp3) is 0.0588. The first kappa shape index (κ1) is 11.3. The van der Waals surface area contributed by atoms with Crippen molar-refractivity contribution < 1.29 is 14.6 Å². The van der Waals surface area contributed by atoms with Crippen LogP contribution in [0.4, 0.5) is 0 Å². The van der Waals surface area contributed by atoms with Gasteiger partial charge in [-0.1, -0.05) is 48.6 Å². The van der Waals surface area contributed by atoms with Gasteiger partial charge in [0, 0.05) is 0 Å². The number of benzene rings is 2. The molecule has 0 aromatic heterocycles. The molecule has 1 atom stereocenters. The number of allylic oxidation sites excluding steroid dienone is 3. The highest BCUT2D eigenvalue weighted by atomic mass is 16.8. The van der Waals surface area contributed by atoms with Crippen LogP contribution in [0.2, 0.25) is 0 Å². The van der Waals surface area contributed by atoms with Gasteiger partial charge >= 0.3 is 6.48 Å². The summed E-state index contributed by atoms with van der Waals surface area (Å²) < 4.78 is 10.4. The highest BCUT2D eigenvalue weighted by molar-refractivity contribution is 5.98. The van der Waals surface area contributed by atoms with E-state index < -0.39 is 6.48 Å². The third-order valence-corrected chi connectivity index (χ3v) is 3.57. The fourth-order valence-electron chi connectivity index (χ4n) is 2.65. The molecule has 0 saturated carbocycles. The number of hydrogen-bond donors (Lipinski definition) is 1. The van der Waals surface area contributed by atoms with E-state index in [1.54, 1.807) is 6.26 Å². The second kappa shape index (κ2) is 4.25. The summed E-state index contributed by atoms with van der Waals surface area (Å²) in [5, 5.41) is 11.8. The van der Waals surface area contributed by atoms with Gasteiger partial charge in [-0.05, 0) is 28.0 Å². The van der Waals surface area contributed by atoms with Crippen molar-refractivity contribution in [3.8, 4) is 0 Å². The first-order chi connectivity index (χ1) is 9.83. The van der Waals surface area contributed by atoms with Gasteiger partial charge in [-0.2, -0.15) is 0 Å². The van der Waals surface area contributed by atoms with Crippen molar-refractivity contribution in [1.29, 1.82) is 0 Å². The highest BCUT2D eigenvalue weighted by Gasteiger charge is 2.23. The van der Waals surface area contributed by atoms with Gasteiger partial charge < -0.3 is 14.6 Å². The van der Waals surface area contributed by atoms with E-state index in [-0.39, 0.29) is 0 Å². The van der Waals surface area contributed by atoms with Gasteiger partial charge in [-0.3, -0.25) is 0 Å². The molecule has 1 aliphatic heterocycles. The Bertz CT molecular complexity index is 784. The van der Waals surface area contributed by atoms with Crippen LogP contribution >= 0.6 is 0 Å². The van der Waals surface area contributed by atoms with Gasteiger partial charge in [0.25, 0.3) is 0 Å². The maximum absolute atomic E-state index is 9.41. The number of hydrogen-bond acceptors (Lipinski definition) is 3. The van der Waals surface area contributed by atoms with Gasteiger partial charge in [0.2, 0.25) is 0 Å². The standard InChI is InChI=1S/C17H12O3/c18-17-19-10-15-14-9-8-11-4-1-2-5-12(11)13(14)6-3-7-16(15)20-17/h1-10,17-18H. The minimum atomic E-state index is -1.24. The predicted octanol–water partition coefficient (Wildman–Crippen LogP) is 3.41. The van der Waals surface area contributed by atoms with Crippen molar-refractivity contribution in [3.05, 3.63) is 71.7 Å². The minimum absolute atomic E-state index is 0.619. The van der Waals surface area contributed by atoms with E-state index >= 15 is 0 Å². The lowest BCUT2D eigenvalue weighted by Gasteiger charge is -2.23. The number of fused-ring (bicyclic) bond motifs is 5. The molecule has 2 aromatic rings. The molecular weight excluding hydrogens is 252 g/mol. The zero-order chi connectivity index (χ0) is 13.5. The maximum Gasteiger partial charge on any atom is 0.357 e. The number of aliphatic hydroxyl groups is 1. The molecule has 3 nitrogen and oxygen atoms in total. The van der Waals surface area contributed by atoms with Crippen LogP contribution < -0.4 is 0 Å². The molecule has 0 bridgehead atoms. The lowest BCUT2D eigenvalue weighted by Crippen LogP contribution is -2.18. The Morgan fingerprint density at radius 3 is 2.90 bits per heavy atom. The molecule has 0 spiro atoms. The van der Waals surface area contributed by atoms with Gasteiger partial charge in [-0.15, -0.1) is 0 Å². The van der Waals surface area contributed by atoms with E-state index in [9.17, 15) is 5.11 Å². The van der Waals surface area contributed by atoms with Gasteiger partial charge in [0.1, 0.15) is 12.0 Å². The number of rotatable bonds is 0. The summed E-state index contributed by atoms with van der Waals surface area (Å²) >= 11 is 0. The van der Waals surface area contributed by atoms with Gasteiger partial charge in [0.15, 0.2) is 0 Å². The van der Waals surface area contributed by atoms with Gasteiger partial charge in [0.05, 0.1) is 5.57 Å². The van der Waals surface area contributed by atoms with Gasteiger partial charge in [-0.25, -0.2) is 0 Å². The van der Waals surface area contributed by atoms with E-state index in [0.717, 1.165) is 16.7 Å². The Morgan fingerprint density at radius 1 is 1.05 bits per heavy atom. The van der Waals surface area contributed by atoms with Crippen molar-refractivity contribution in [1.82, 2.24) is 0 Å². The first-order valence-electron chi connectivity index (χ1n) is 6.44. The third kappa shape index (κ3) is 1.64. The van der Waals surface area contributed by atoms with E-state index in [1.807, 2.05) is 24.3 Å². The van der Waals surface area contributed by atoms with Crippen LogP contribution in [0.5, 0.6) is 0 Å². The van der Waals surface area contributed by atoms with Crippen LogP contribution in [0, 0.1) is 0 Å². The summed E-state index contributed by atoms with van der Waals surface area (Å²) in [6.45, 7) is -1.24. The van der Waals surface area contributed by atoms with E-state index in [0.29, 0.717) is 5.76 Å². The average Bonchev–Trinajstić information content (AvgIpc) is 2.66. The summed E-state index contributed by atoms with van der Waals surface area (Å²) in [4.78, 5) is 0. The normalized spacial score (nSPS) is 19.9. The average molecular weight is 264 g/mol. The van der Waals surface area contributed by atoms with Crippen molar-refractivity contribution >= 4 is 22.4 Å². The number of ether oxygens (including phenoxy) is 2. The Balaban J connectivity index is 2.01. The molecule has 1 heterocycles. The van der Waals surface area contributed by atoms with E-state index in [4.69, 9.17) is 9.47 Å². The largest absolute Gasteiger partial charge is 0.439 e. The van der Waals surface area contributed by atoms with Crippen LogP contribution in [-0.2, 0) is 9.47 Å². The second-order valence-corrected chi connectivity index (χ2v) is 4.73. The molecule has 0 radical (unpaired) electrons. The zero-order valence-electron chi connectivity index (χ0n) is 10.6. The molecule has 0 fully saturated rings. The minimum Gasteiger partial charge on any atom is -0.439 e. The Kier molecular flexibility index (Phi) is 2.41. The van der Waals surface area contributed by atoms with Crippen LogP contribution in [0.1, 0.15) is 11.1 Å². The molecule has 1 unspecified atom stereocenters. The lowest BCUT2D eigenvalue weighted by molar-refractivity contribution is -0.219. The van der Waals surface area contributed by atoms with Crippen LogP contribution in [0.3, 0.4) is 0 Å². The quantitative estimate of drug-likeness (QED) is 0.792.